The summed E-state index contributed by atoms with van der Waals surface area (Å²) in [5, 5.41) is 1.57. The fourth-order valence-corrected chi connectivity index (χ4v) is 2.11. The van der Waals surface area contributed by atoms with Crippen molar-refractivity contribution >= 4 is 29.6 Å². The maximum Gasteiger partial charge on any atom is 0.407 e. The van der Waals surface area contributed by atoms with Crippen LogP contribution in [0.2, 0.25) is 0 Å². The van der Waals surface area contributed by atoms with E-state index in [1.54, 1.807) is 48.5 Å². The van der Waals surface area contributed by atoms with E-state index in [4.69, 9.17) is 25.8 Å². The molecule has 0 aromatic rings. The van der Waals surface area contributed by atoms with Gasteiger partial charge in [0.05, 0.1) is 13.0 Å². The predicted octanol–water partition coefficient (Wildman–Crippen LogP) is 3.17. The lowest BCUT2D eigenvalue weighted by Gasteiger charge is -2.25. The molecule has 0 aliphatic carbocycles. The van der Waals surface area contributed by atoms with Gasteiger partial charge in [-0.15, -0.1) is 11.6 Å². The van der Waals surface area contributed by atoms with Crippen molar-refractivity contribution in [1.29, 1.82) is 0 Å². The Labute approximate surface area is 154 Å². The first-order valence-corrected chi connectivity index (χ1v) is 8.69. The number of halogens is 1. The SMILES string of the molecule is CCOC(=O)C(Cl)CC(CC(=O)OC(C)(C)C)NC(=O)OC(C)(C)C. The third-order valence-electron chi connectivity index (χ3n) is 2.59. The topological polar surface area (TPSA) is 90.9 Å². The third kappa shape index (κ3) is 12.5. The molecule has 8 heteroatoms. The molecule has 0 aromatic heterocycles. The number of amides is 1. The van der Waals surface area contributed by atoms with Crippen molar-refractivity contribution in [3.63, 3.8) is 0 Å². The van der Waals surface area contributed by atoms with Gasteiger partial charge in [0.25, 0.3) is 0 Å². The van der Waals surface area contributed by atoms with Crippen molar-refractivity contribution in [3.8, 4) is 0 Å². The number of carbonyl (C=O) groups excluding carboxylic acids is 3. The van der Waals surface area contributed by atoms with Gasteiger partial charge in [-0.2, -0.15) is 0 Å². The molecule has 0 aliphatic rings. The Morgan fingerprint density at radius 3 is 1.96 bits per heavy atom. The standard InChI is InChI=1S/C17H30ClNO6/c1-8-23-14(21)12(18)9-11(10-13(20)24-16(2,3)4)19-15(22)25-17(5,6)7/h11-12H,8-10H2,1-7H3,(H,19,22). The second-order valence-corrected chi connectivity index (χ2v) is 8.12. The summed E-state index contributed by atoms with van der Waals surface area (Å²) in [6.45, 7) is 12.2. The second kappa shape index (κ2) is 9.85. The van der Waals surface area contributed by atoms with Gasteiger partial charge >= 0.3 is 18.0 Å². The minimum absolute atomic E-state index is 0.0128. The molecule has 0 fully saturated rings. The summed E-state index contributed by atoms with van der Waals surface area (Å²) >= 11 is 6.02. The molecule has 1 N–H and O–H groups in total. The number of hydrogen-bond acceptors (Lipinski definition) is 6. The fourth-order valence-electron chi connectivity index (χ4n) is 1.83. The Morgan fingerprint density at radius 1 is 1.00 bits per heavy atom. The molecule has 146 valence electrons. The van der Waals surface area contributed by atoms with E-state index < -0.39 is 40.7 Å². The summed E-state index contributed by atoms with van der Waals surface area (Å²) in [5.74, 6) is -1.12. The van der Waals surface area contributed by atoms with Crippen LogP contribution in [0.15, 0.2) is 0 Å². The third-order valence-corrected chi connectivity index (χ3v) is 2.94. The molecule has 0 bridgehead atoms. The molecule has 0 spiro atoms. The molecule has 0 saturated carbocycles. The van der Waals surface area contributed by atoms with Crippen LogP contribution >= 0.6 is 11.6 Å². The first kappa shape index (κ1) is 23.5. The number of alkyl halides is 1. The number of nitrogens with one attached hydrogen (secondary N) is 1. The lowest BCUT2D eigenvalue weighted by atomic mass is 10.1. The van der Waals surface area contributed by atoms with Crippen LogP contribution < -0.4 is 5.32 Å². The van der Waals surface area contributed by atoms with Gasteiger partial charge < -0.3 is 19.5 Å². The van der Waals surface area contributed by atoms with Gasteiger partial charge in [0.15, 0.2) is 0 Å². The van der Waals surface area contributed by atoms with E-state index in [1.807, 2.05) is 0 Å². The molecule has 0 aromatic carbocycles. The summed E-state index contributed by atoms with van der Waals surface area (Å²) in [6, 6.07) is -0.725. The van der Waals surface area contributed by atoms with E-state index in [0.29, 0.717) is 0 Å². The number of alkyl carbamates (subject to hydrolysis) is 1. The lowest BCUT2D eigenvalue weighted by molar-refractivity contribution is -0.155. The van der Waals surface area contributed by atoms with Crippen LogP contribution in [0.1, 0.15) is 61.3 Å². The van der Waals surface area contributed by atoms with Gasteiger partial charge in [0.2, 0.25) is 0 Å². The van der Waals surface area contributed by atoms with Crippen molar-refractivity contribution in [2.24, 2.45) is 0 Å². The minimum Gasteiger partial charge on any atom is -0.465 e. The molecule has 0 heterocycles. The highest BCUT2D eigenvalue weighted by Crippen LogP contribution is 2.15. The predicted molar refractivity (Wildman–Crippen MR) is 94.5 cm³/mol. The summed E-state index contributed by atoms with van der Waals surface area (Å²) in [4.78, 5) is 35.7. The zero-order valence-corrected chi connectivity index (χ0v) is 16.9. The molecular weight excluding hydrogens is 350 g/mol. The van der Waals surface area contributed by atoms with Gasteiger partial charge in [0, 0.05) is 6.04 Å². The molecule has 0 radical (unpaired) electrons. The zero-order valence-electron chi connectivity index (χ0n) is 16.1. The Hall–Kier alpha value is -1.50. The van der Waals surface area contributed by atoms with E-state index in [0.717, 1.165) is 0 Å². The Balaban J connectivity index is 4.95. The number of rotatable bonds is 7. The van der Waals surface area contributed by atoms with E-state index in [9.17, 15) is 14.4 Å². The lowest BCUT2D eigenvalue weighted by Crippen LogP contribution is -2.43. The van der Waals surface area contributed by atoms with Crippen molar-refractivity contribution in [2.45, 2.75) is 83.9 Å². The fraction of sp³-hybridized carbons (Fsp3) is 0.824. The van der Waals surface area contributed by atoms with E-state index in [1.165, 1.54) is 0 Å². The highest BCUT2D eigenvalue weighted by molar-refractivity contribution is 6.29. The maximum absolute atomic E-state index is 12.0. The van der Waals surface area contributed by atoms with Crippen molar-refractivity contribution in [3.05, 3.63) is 0 Å². The van der Waals surface area contributed by atoms with Crippen LogP contribution in [-0.4, -0.2) is 47.3 Å². The molecule has 1 amide bonds. The van der Waals surface area contributed by atoms with E-state index in [-0.39, 0.29) is 19.4 Å². The summed E-state index contributed by atoms with van der Waals surface area (Å²) in [7, 11) is 0. The Morgan fingerprint density at radius 2 is 1.52 bits per heavy atom. The first-order valence-electron chi connectivity index (χ1n) is 8.25. The van der Waals surface area contributed by atoms with Crippen molar-refractivity contribution in [2.75, 3.05) is 6.61 Å². The maximum atomic E-state index is 12.0. The van der Waals surface area contributed by atoms with Gasteiger partial charge in [-0.05, 0) is 54.9 Å². The molecule has 2 unspecified atom stereocenters. The van der Waals surface area contributed by atoms with Crippen LogP contribution in [0.3, 0.4) is 0 Å². The van der Waals surface area contributed by atoms with E-state index in [2.05, 4.69) is 5.32 Å². The first-order chi connectivity index (χ1) is 11.2. The van der Waals surface area contributed by atoms with E-state index >= 15 is 0 Å². The number of ether oxygens (including phenoxy) is 3. The van der Waals surface area contributed by atoms with Crippen LogP contribution in [-0.2, 0) is 23.8 Å². The second-order valence-electron chi connectivity index (χ2n) is 7.59. The zero-order chi connectivity index (χ0) is 19.8. The van der Waals surface area contributed by atoms with Gasteiger partial charge in [-0.25, -0.2) is 4.79 Å². The largest absolute Gasteiger partial charge is 0.465 e. The van der Waals surface area contributed by atoms with Crippen LogP contribution in [0, 0.1) is 0 Å². The van der Waals surface area contributed by atoms with Gasteiger partial charge in [-0.1, -0.05) is 0 Å². The molecule has 7 nitrogen and oxygen atoms in total. The average molecular weight is 380 g/mol. The van der Waals surface area contributed by atoms with Crippen LogP contribution in [0.25, 0.3) is 0 Å². The molecule has 0 saturated heterocycles. The summed E-state index contributed by atoms with van der Waals surface area (Å²) < 4.78 is 15.3. The average Bonchev–Trinajstić information content (AvgIpc) is 2.33. The van der Waals surface area contributed by atoms with Gasteiger partial charge in [-0.3, -0.25) is 9.59 Å². The highest BCUT2D eigenvalue weighted by atomic mass is 35.5. The number of hydrogen-bond donors (Lipinski definition) is 1. The summed E-state index contributed by atoms with van der Waals surface area (Å²) in [6.07, 6.45) is -0.827. The Kier molecular flexibility index (Phi) is 9.26. The quantitative estimate of drug-likeness (QED) is 0.415. The van der Waals surface area contributed by atoms with Crippen LogP contribution in [0.4, 0.5) is 4.79 Å². The Bertz CT molecular complexity index is 437. The molecular formula is C17H30ClNO6. The highest BCUT2D eigenvalue weighted by Gasteiger charge is 2.28. The minimum atomic E-state index is -0.998. The number of esters is 2. The van der Waals surface area contributed by atoms with Crippen molar-refractivity contribution in [1.82, 2.24) is 5.32 Å². The smallest absolute Gasteiger partial charge is 0.407 e. The monoisotopic (exact) mass is 379 g/mol. The summed E-state index contributed by atoms with van der Waals surface area (Å²) in [5.41, 5.74) is -1.35. The van der Waals surface area contributed by atoms with Crippen LogP contribution in [0.5, 0.6) is 0 Å². The number of carbonyl (C=O) groups is 3. The van der Waals surface area contributed by atoms with Gasteiger partial charge in [0.1, 0.15) is 16.6 Å². The molecule has 25 heavy (non-hydrogen) atoms. The molecule has 2 atom stereocenters. The molecule has 0 aliphatic heterocycles. The molecule has 0 rings (SSSR count). The normalized spacial score (nSPS) is 14.2. The van der Waals surface area contributed by atoms with Crippen molar-refractivity contribution < 1.29 is 28.6 Å².